The van der Waals surface area contributed by atoms with Gasteiger partial charge in [0.05, 0.1) is 26.4 Å². The highest BCUT2D eigenvalue weighted by Gasteiger charge is 2.35. The number of carbonyl (C=O) groups is 3. The molecule has 0 saturated carbocycles. The monoisotopic (exact) mass is 673 g/mol. The molecular formula is C32H40F5N3O7. The van der Waals surface area contributed by atoms with Gasteiger partial charge >= 0.3 is 6.36 Å². The molecule has 0 spiro atoms. The van der Waals surface area contributed by atoms with Crippen LogP contribution in [-0.4, -0.2) is 87.1 Å². The number of nitrogens with one attached hydrogen (secondary N) is 1. The molecular weight excluding hydrogens is 633 g/mol. The number of nitrogens with zero attached hydrogens (tertiary/aromatic N) is 2. The number of aliphatic hydroxyl groups is 1. The van der Waals surface area contributed by atoms with Gasteiger partial charge < -0.3 is 34.4 Å². The van der Waals surface area contributed by atoms with Gasteiger partial charge in [0.15, 0.2) is 0 Å². The minimum Gasteiger partial charge on any atom is -0.497 e. The van der Waals surface area contributed by atoms with E-state index in [4.69, 9.17) is 14.3 Å². The molecule has 1 heterocycles. The Kier molecular flexibility index (Phi) is 17.1. The maximum atomic E-state index is 14.4. The number of halogens is 5. The average Bonchev–Trinajstić information content (AvgIpc) is 3.41. The first kappa shape index (κ1) is 40.5. The number of aliphatic hydroxyl groups excluding tert-OH is 1. The summed E-state index contributed by atoms with van der Waals surface area (Å²) in [6.45, 7) is 5.29. The van der Waals surface area contributed by atoms with E-state index in [1.807, 2.05) is 0 Å². The highest BCUT2D eigenvalue weighted by atomic mass is 19.4. The quantitative estimate of drug-likeness (QED) is 0.189. The highest BCUT2D eigenvalue weighted by Crippen LogP contribution is 2.35. The number of rotatable bonds is 12. The largest absolute Gasteiger partial charge is 0.573 e. The van der Waals surface area contributed by atoms with Gasteiger partial charge in [-0.05, 0) is 44.6 Å². The van der Waals surface area contributed by atoms with E-state index in [1.54, 1.807) is 46.0 Å². The van der Waals surface area contributed by atoms with Gasteiger partial charge in [-0.1, -0.05) is 17.7 Å². The van der Waals surface area contributed by atoms with Gasteiger partial charge in [-0.15, -0.1) is 13.2 Å². The lowest BCUT2D eigenvalue weighted by atomic mass is 9.97. The number of benzene rings is 2. The number of alkyl halides is 3. The molecule has 3 rings (SSSR count). The molecule has 15 heteroatoms. The van der Waals surface area contributed by atoms with Crippen LogP contribution in [0.25, 0.3) is 0 Å². The minimum atomic E-state index is -4.60. The molecule has 1 saturated heterocycles. The summed E-state index contributed by atoms with van der Waals surface area (Å²) in [7, 11) is 4.35. The highest BCUT2D eigenvalue weighted by molar-refractivity contribution is 5.81. The molecule has 2 atom stereocenters. The molecule has 0 radical (unpaired) electrons. The summed E-state index contributed by atoms with van der Waals surface area (Å²) in [5.41, 5.74) is 2.06. The Morgan fingerprint density at radius 2 is 1.68 bits per heavy atom. The van der Waals surface area contributed by atoms with Crippen molar-refractivity contribution in [3.8, 4) is 11.5 Å². The van der Waals surface area contributed by atoms with E-state index < -0.39 is 30.0 Å². The van der Waals surface area contributed by atoms with Crippen molar-refractivity contribution in [1.82, 2.24) is 15.1 Å². The van der Waals surface area contributed by atoms with Crippen LogP contribution >= 0.6 is 0 Å². The molecule has 1 aliphatic heterocycles. The predicted octanol–water partition coefficient (Wildman–Crippen LogP) is 4.82. The number of likely N-dealkylation sites (tertiary alicyclic amines) is 1. The third-order valence-electron chi connectivity index (χ3n) is 6.78. The van der Waals surface area contributed by atoms with Crippen LogP contribution in [0.5, 0.6) is 11.5 Å². The van der Waals surface area contributed by atoms with E-state index in [-0.39, 0.29) is 49.1 Å². The van der Waals surface area contributed by atoms with Crippen molar-refractivity contribution in [3.63, 3.8) is 0 Å². The number of ether oxygens (including phenoxy) is 3. The number of hydrogen-bond acceptors (Lipinski definition) is 7. The summed E-state index contributed by atoms with van der Waals surface area (Å²) in [6, 6.07) is 7.35. The molecule has 10 nitrogen and oxygen atoms in total. The second kappa shape index (κ2) is 19.9. The summed E-state index contributed by atoms with van der Waals surface area (Å²) < 4.78 is 77.3. The van der Waals surface area contributed by atoms with Crippen LogP contribution in [0.15, 0.2) is 59.9 Å². The van der Waals surface area contributed by atoms with E-state index in [0.29, 0.717) is 24.1 Å². The predicted molar refractivity (Wildman–Crippen MR) is 163 cm³/mol. The van der Waals surface area contributed by atoms with Gasteiger partial charge in [0.25, 0.3) is 0 Å². The van der Waals surface area contributed by atoms with Crippen molar-refractivity contribution < 1.29 is 55.7 Å². The van der Waals surface area contributed by atoms with Crippen LogP contribution in [0, 0.1) is 18.6 Å². The number of carbonyl (C=O) groups excluding carboxylic acids is 3. The third-order valence-corrected chi connectivity index (χ3v) is 6.78. The molecule has 2 N–H and O–H groups in total. The summed E-state index contributed by atoms with van der Waals surface area (Å²) in [5.74, 6) is -2.48. The average molecular weight is 674 g/mol. The lowest BCUT2D eigenvalue weighted by Gasteiger charge is -2.23. The van der Waals surface area contributed by atoms with Crippen molar-refractivity contribution in [1.29, 1.82) is 0 Å². The standard InChI is InChI=1S/C22H28F2N2O5.C8H7F3O.C2H5NO/c1-14(5-6-25(13-28)17(11-27)12-30-3)15(2)26-10-16(7-21(26)29)22-19(23)8-18(31-4)9-20(22)24;1-6-2-4-7(5-3-6)12-8(9,10)11;1-3-2-4/h5-6,8-9,13,16-17,27H,7,10-12H2,1-4H3;2-5H,1H3;2H,1H3,(H,3,4)/b6-5-,15-14+;;. The molecule has 2 aromatic carbocycles. The zero-order chi connectivity index (χ0) is 35.7. The van der Waals surface area contributed by atoms with Crippen molar-refractivity contribution >= 4 is 18.7 Å². The van der Waals surface area contributed by atoms with Crippen LogP contribution in [-0.2, 0) is 19.1 Å². The molecule has 0 bridgehead atoms. The zero-order valence-corrected chi connectivity index (χ0v) is 26.9. The fraction of sp³-hybridized carbons (Fsp3) is 0.406. The Labute approximate surface area is 270 Å². The Morgan fingerprint density at radius 3 is 2.13 bits per heavy atom. The smallest absolute Gasteiger partial charge is 0.497 e. The second-order valence-electron chi connectivity index (χ2n) is 10.1. The number of hydrogen-bond donors (Lipinski definition) is 2. The van der Waals surface area contributed by atoms with E-state index in [9.17, 15) is 36.6 Å². The molecule has 260 valence electrons. The normalized spacial score (nSPS) is 15.4. The molecule has 1 aliphatic rings. The Hall–Kier alpha value is -4.50. The van der Waals surface area contributed by atoms with Crippen LogP contribution in [0.2, 0.25) is 0 Å². The van der Waals surface area contributed by atoms with Crippen molar-refractivity contribution in [3.05, 3.63) is 82.7 Å². The van der Waals surface area contributed by atoms with Gasteiger partial charge in [0.2, 0.25) is 18.7 Å². The SMILES string of the molecule is CNC=O.COCC(CO)N(C=O)/C=C\C(C)=C(/C)N1CC(c2c(F)cc(OC)cc2F)CC1=O.Cc1ccc(OC(F)(F)F)cc1. The molecule has 0 aromatic heterocycles. The van der Waals surface area contributed by atoms with Gasteiger partial charge in [0, 0.05) is 62.6 Å². The molecule has 3 amide bonds. The number of amides is 3. The maximum Gasteiger partial charge on any atom is 0.573 e. The van der Waals surface area contributed by atoms with Gasteiger partial charge in [-0.3, -0.25) is 14.4 Å². The van der Waals surface area contributed by atoms with E-state index in [1.165, 1.54) is 42.4 Å². The van der Waals surface area contributed by atoms with Crippen LogP contribution in [0.4, 0.5) is 22.0 Å². The molecule has 2 unspecified atom stereocenters. The van der Waals surface area contributed by atoms with Gasteiger partial charge in [-0.25, -0.2) is 8.78 Å². The van der Waals surface area contributed by atoms with Gasteiger partial charge in [0.1, 0.15) is 23.1 Å². The van der Waals surface area contributed by atoms with Crippen molar-refractivity contribution in [2.24, 2.45) is 0 Å². The lowest BCUT2D eigenvalue weighted by molar-refractivity contribution is -0.274. The van der Waals surface area contributed by atoms with Crippen LogP contribution in [0.3, 0.4) is 0 Å². The molecule has 47 heavy (non-hydrogen) atoms. The molecule has 2 aromatic rings. The van der Waals surface area contributed by atoms with Gasteiger partial charge in [-0.2, -0.15) is 0 Å². The van der Waals surface area contributed by atoms with Crippen molar-refractivity contribution in [2.45, 2.75) is 45.5 Å². The Balaban J connectivity index is 0.000000567. The fourth-order valence-corrected chi connectivity index (χ4v) is 4.23. The first-order chi connectivity index (χ1) is 22.2. The number of aryl methyl sites for hydroxylation is 1. The van der Waals surface area contributed by atoms with Crippen LogP contribution in [0.1, 0.15) is 37.3 Å². The summed E-state index contributed by atoms with van der Waals surface area (Å²) in [5, 5.41) is 11.7. The number of allylic oxidation sites excluding steroid dienone is 3. The lowest BCUT2D eigenvalue weighted by Crippen LogP contribution is -2.36. The molecule has 1 fully saturated rings. The first-order valence-electron chi connectivity index (χ1n) is 14.1. The summed E-state index contributed by atoms with van der Waals surface area (Å²) >= 11 is 0. The topological polar surface area (TPSA) is 118 Å². The van der Waals surface area contributed by atoms with E-state index in [0.717, 1.165) is 17.7 Å². The maximum absolute atomic E-state index is 14.4. The second-order valence-corrected chi connectivity index (χ2v) is 10.1. The van der Waals surface area contributed by atoms with Crippen molar-refractivity contribution in [2.75, 3.05) is 41.0 Å². The van der Waals surface area contributed by atoms with E-state index >= 15 is 0 Å². The molecule has 0 aliphatic carbocycles. The third kappa shape index (κ3) is 13.4. The minimum absolute atomic E-state index is 0.0185. The summed E-state index contributed by atoms with van der Waals surface area (Å²) in [4.78, 5) is 35.7. The van der Waals surface area contributed by atoms with Crippen LogP contribution < -0.4 is 14.8 Å². The Morgan fingerprint density at radius 1 is 1.11 bits per heavy atom. The Bertz CT molecular complexity index is 1340. The zero-order valence-electron chi connectivity index (χ0n) is 26.9. The first-order valence-corrected chi connectivity index (χ1v) is 14.1. The summed E-state index contributed by atoms with van der Waals surface area (Å²) in [6.07, 6.45) is -0.292. The van der Waals surface area contributed by atoms with E-state index in [2.05, 4.69) is 10.1 Å². The fourth-order valence-electron chi connectivity index (χ4n) is 4.23. The number of methoxy groups -OCH3 is 2.